The molecule has 2 aromatic rings. The largest absolute Gasteiger partial charge is 0.492 e. The molecule has 152 valence electrons. The van der Waals surface area contributed by atoms with Gasteiger partial charge in [-0.2, -0.15) is 0 Å². The second kappa shape index (κ2) is 12.0. The molecule has 0 radical (unpaired) electrons. The van der Waals surface area contributed by atoms with Crippen LogP contribution in [0.3, 0.4) is 0 Å². The standard InChI is InChI=1S/C21H28N2O3S2/c24-21(17-27-15-18-7-6-12-25-18)22-8-2-5-11-26-19-13-20(28-16-19)14-23-9-3-1-4-10-23/h2,6-8,12-13,16H,1,3-5,9-11,14-15,17H2,(H,22,24)/b8-2-. The third kappa shape index (κ3) is 7.73. The van der Waals surface area contributed by atoms with Gasteiger partial charge in [-0.05, 0) is 50.3 Å². The van der Waals surface area contributed by atoms with E-state index in [-0.39, 0.29) is 5.91 Å². The van der Waals surface area contributed by atoms with E-state index >= 15 is 0 Å². The minimum Gasteiger partial charge on any atom is -0.492 e. The highest BCUT2D eigenvalue weighted by molar-refractivity contribution is 7.99. The Bertz CT molecular complexity index is 722. The Morgan fingerprint density at radius 3 is 3.07 bits per heavy atom. The molecule has 1 saturated heterocycles. The number of ether oxygens (including phenoxy) is 1. The Morgan fingerprint density at radius 1 is 1.36 bits per heavy atom. The second-order valence-electron chi connectivity index (χ2n) is 6.76. The fourth-order valence-corrected chi connectivity index (χ4v) is 4.60. The summed E-state index contributed by atoms with van der Waals surface area (Å²) in [6.07, 6.45) is 10.0. The number of furan rings is 1. The summed E-state index contributed by atoms with van der Waals surface area (Å²) in [6, 6.07) is 5.92. The van der Waals surface area contributed by atoms with Gasteiger partial charge in [0.15, 0.2) is 0 Å². The van der Waals surface area contributed by atoms with Gasteiger partial charge < -0.3 is 14.5 Å². The second-order valence-corrected chi connectivity index (χ2v) is 8.75. The summed E-state index contributed by atoms with van der Waals surface area (Å²) < 4.78 is 11.0. The summed E-state index contributed by atoms with van der Waals surface area (Å²) >= 11 is 3.30. The smallest absolute Gasteiger partial charge is 0.233 e. The number of carbonyl (C=O) groups is 1. The van der Waals surface area contributed by atoms with E-state index in [4.69, 9.17) is 9.15 Å². The average molecular weight is 421 g/mol. The van der Waals surface area contributed by atoms with Crippen molar-refractivity contribution in [2.24, 2.45) is 0 Å². The zero-order valence-corrected chi connectivity index (χ0v) is 17.7. The van der Waals surface area contributed by atoms with Crippen molar-refractivity contribution in [2.75, 3.05) is 25.4 Å². The predicted molar refractivity (Wildman–Crippen MR) is 116 cm³/mol. The first kappa shape index (κ1) is 21.0. The normalized spacial score (nSPS) is 15.1. The van der Waals surface area contributed by atoms with E-state index in [1.807, 2.05) is 18.2 Å². The van der Waals surface area contributed by atoms with Crippen LogP contribution in [-0.4, -0.2) is 36.3 Å². The molecule has 0 bridgehead atoms. The molecule has 0 aromatic carbocycles. The number of likely N-dealkylation sites (tertiary alicyclic amines) is 1. The number of thioether (sulfide) groups is 1. The third-order valence-electron chi connectivity index (χ3n) is 4.43. The van der Waals surface area contributed by atoms with Gasteiger partial charge in [-0.1, -0.05) is 12.5 Å². The molecule has 1 fully saturated rings. The summed E-state index contributed by atoms with van der Waals surface area (Å²) in [7, 11) is 0. The summed E-state index contributed by atoms with van der Waals surface area (Å²) in [4.78, 5) is 15.6. The lowest BCUT2D eigenvalue weighted by molar-refractivity contribution is -0.117. The number of hydrogen-bond donors (Lipinski definition) is 1. The SMILES string of the molecule is O=C(CSCc1ccco1)N/C=C\CCOc1csc(CN2CCCCC2)c1. The quantitative estimate of drug-likeness (QED) is 0.536. The van der Waals surface area contributed by atoms with Crippen LogP contribution in [0, 0.1) is 0 Å². The van der Waals surface area contributed by atoms with Crippen LogP contribution in [0.25, 0.3) is 0 Å². The molecule has 1 aliphatic heterocycles. The predicted octanol–water partition coefficient (Wildman–Crippen LogP) is 4.66. The Morgan fingerprint density at radius 2 is 2.25 bits per heavy atom. The van der Waals surface area contributed by atoms with Crippen molar-refractivity contribution in [3.05, 3.63) is 52.8 Å². The highest BCUT2D eigenvalue weighted by Crippen LogP contribution is 2.24. The molecule has 0 atom stereocenters. The van der Waals surface area contributed by atoms with Crippen molar-refractivity contribution >= 4 is 29.0 Å². The molecule has 3 heterocycles. The molecular weight excluding hydrogens is 392 g/mol. The maximum atomic E-state index is 11.7. The van der Waals surface area contributed by atoms with Crippen molar-refractivity contribution in [2.45, 2.75) is 38.0 Å². The molecule has 5 nitrogen and oxygen atoms in total. The minimum absolute atomic E-state index is 0.00564. The first-order valence-electron chi connectivity index (χ1n) is 9.76. The first-order valence-corrected chi connectivity index (χ1v) is 11.8. The number of rotatable bonds is 11. The van der Waals surface area contributed by atoms with E-state index in [0.29, 0.717) is 18.1 Å². The lowest BCUT2D eigenvalue weighted by Gasteiger charge is -2.25. The van der Waals surface area contributed by atoms with Gasteiger partial charge in [-0.25, -0.2) is 0 Å². The molecule has 2 aromatic heterocycles. The van der Waals surface area contributed by atoms with Gasteiger partial charge in [0.1, 0.15) is 11.5 Å². The van der Waals surface area contributed by atoms with Crippen LogP contribution in [0.1, 0.15) is 36.3 Å². The minimum atomic E-state index is -0.00564. The van der Waals surface area contributed by atoms with Crippen molar-refractivity contribution in [3.63, 3.8) is 0 Å². The fraction of sp³-hybridized carbons (Fsp3) is 0.476. The van der Waals surface area contributed by atoms with E-state index in [1.165, 1.54) is 49.0 Å². The molecule has 7 heteroatoms. The van der Waals surface area contributed by atoms with Gasteiger partial charge in [-0.15, -0.1) is 23.1 Å². The van der Waals surface area contributed by atoms with Crippen LogP contribution in [-0.2, 0) is 17.1 Å². The molecule has 0 aliphatic carbocycles. The van der Waals surface area contributed by atoms with Gasteiger partial charge in [-0.3, -0.25) is 9.69 Å². The molecule has 28 heavy (non-hydrogen) atoms. The maximum absolute atomic E-state index is 11.7. The Labute approximate surface area is 175 Å². The number of hydrogen-bond acceptors (Lipinski definition) is 6. The van der Waals surface area contributed by atoms with Crippen molar-refractivity contribution < 1.29 is 13.9 Å². The fourth-order valence-electron chi connectivity index (χ4n) is 3.02. The molecule has 0 spiro atoms. The molecule has 1 N–H and O–H groups in total. The first-order chi connectivity index (χ1) is 13.8. The van der Waals surface area contributed by atoms with Gasteiger partial charge >= 0.3 is 0 Å². The van der Waals surface area contributed by atoms with Crippen molar-refractivity contribution in [1.82, 2.24) is 10.2 Å². The van der Waals surface area contributed by atoms with Crippen LogP contribution in [0.4, 0.5) is 0 Å². The Balaban J connectivity index is 1.23. The van der Waals surface area contributed by atoms with Gasteiger partial charge in [0, 0.05) is 23.2 Å². The zero-order chi connectivity index (χ0) is 19.4. The Kier molecular flexibility index (Phi) is 9.00. The van der Waals surface area contributed by atoms with Crippen LogP contribution in [0.5, 0.6) is 5.75 Å². The molecule has 0 saturated carbocycles. The van der Waals surface area contributed by atoms with E-state index in [1.54, 1.807) is 23.8 Å². The van der Waals surface area contributed by atoms with Gasteiger partial charge in [0.2, 0.25) is 5.91 Å². The number of piperidine rings is 1. The zero-order valence-electron chi connectivity index (χ0n) is 16.1. The summed E-state index contributed by atoms with van der Waals surface area (Å²) in [6.45, 7) is 4.08. The van der Waals surface area contributed by atoms with E-state index in [9.17, 15) is 4.79 Å². The highest BCUT2D eigenvalue weighted by Gasteiger charge is 2.11. The van der Waals surface area contributed by atoms with Crippen LogP contribution in [0.2, 0.25) is 0 Å². The van der Waals surface area contributed by atoms with Gasteiger partial charge in [0.05, 0.1) is 24.4 Å². The number of thiophene rings is 1. The third-order valence-corrected chi connectivity index (χ3v) is 6.29. The van der Waals surface area contributed by atoms with E-state index in [0.717, 1.165) is 24.5 Å². The number of nitrogens with one attached hydrogen (secondary N) is 1. The number of amides is 1. The van der Waals surface area contributed by atoms with Crippen LogP contribution in [0.15, 0.2) is 46.5 Å². The number of nitrogens with zero attached hydrogens (tertiary/aromatic N) is 1. The lowest BCUT2D eigenvalue weighted by atomic mass is 10.1. The summed E-state index contributed by atoms with van der Waals surface area (Å²) in [5.74, 6) is 2.95. The topological polar surface area (TPSA) is 54.7 Å². The summed E-state index contributed by atoms with van der Waals surface area (Å²) in [5, 5.41) is 4.87. The average Bonchev–Trinajstić information content (AvgIpc) is 3.38. The molecule has 0 unspecified atom stereocenters. The summed E-state index contributed by atoms with van der Waals surface area (Å²) in [5.41, 5.74) is 0. The van der Waals surface area contributed by atoms with E-state index < -0.39 is 0 Å². The molecule has 1 amide bonds. The maximum Gasteiger partial charge on any atom is 0.233 e. The molecular formula is C21H28N2O3S2. The lowest BCUT2D eigenvalue weighted by Crippen LogP contribution is -2.28. The highest BCUT2D eigenvalue weighted by atomic mass is 32.2. The monoisotopic (exact) mass is 420 g/mol. The number of carbonyl (C=O) groups excluding carboxylic acids is 1. The van der Waals surface area contributed by atoms with Crippen molar-refractivity contribution in [1.29, 1.82) is 0 Å². The molecule has 1 aliphatic rings. The van der Waals surface area contributed by atoms with Crippen molar-refractivity contribution in [3.8, 4) is 5.75 Å². The molecule has 3 rings (SSSR count). The van der Waals surface area contributed by atoms with Crippen LogP contribution < -0.4 is 10.1 Å². The van der Waals surface area contributed by atoms with Gasteiger partial charge in [0.25, 0.3) is 0 Å². The van der Waals surface area contributed by atoms with E-state index in [2.05, 4.69) is 21.7 Å². The van der Waals surface area contributed by atoms with Crippen LogP contribution >= 0.6 is 23.1 Å². The Hall–Kier alpha value is -1.70.